The summed E-state index contributed by atoms with van der Waals surface area (Å²) in [5.41, 5.74) is 0. The van der Waals surface area contributed by atoms with Crippen LogP contribution in [0.15, 0.2) is 12.2 Å². The van der Waals surface area contributed by atoms with E-state index in [2.05, 4.69) is 19.1 Å². The molecular weight excluding hydrogens is 279 g/mol. The Morgan fingerprint density at radius 3 is 1.71 bits per heavy atom. The van der Waals surface area contributed by atoms with Crippen molar-refractivity contribution >= 4 is 8.69 Å². The number of rotatable bonds is 17. The van der Waals surface area contributed by atoms with Crippen LogP contribution in [0.4, 0.5) is 0 Å². The SMILES string of the molecule is CCCCCCCC/C=C/CCCCCCCCOP=O. The molecule has 2 nitrogen and oxygen atoms in total. The summed E-state index contributed by atoms with van der Waals surface area (Å²) in [6.07, 6.45) is 23.1. The first-order chi connectivity index (χ1) is 10.4. The molecule has 0 fully saturated rings. The number of hydrogen-bond donors (Lipinski definition) is 0. The van der Waals surface area contributed by atoms with Gasteiger partial charge in [0.25, 0.3) is 0 Å². The number of hydrogen-bond acceptors (Lipinski definition) is 2. The quantitative estimate of drug-likeness (QED) is 0.160. The van der Waals surface area contributed by atoms with Crippen LogP contribution in [0, 0.1) is 0 Å². The highest BCUT2D eigenvalue weighted by Gasteiger charge is 1.92. The summed E-state index contributed by atoms with van der Waals surface area (Å²) in [6.45, 7) is 2.90. The molecule has 0 aromatic heterocycles. The maximum atomic E-state index is 10.0. The van der Waals surface area contributed by atoms with Crippen molar-refractivity contribution in [3.05, 3.63) is 12.2 Å². The zero-order chi connectivity index (χ0) is 15.4. The van der Waals surface area contributed by atoms with E-state index >= 15 is 0 Å². The lowest BCUT2D eigenvalue weighted by molar-refractivity contribution is 0.328. The topological polar surface area (TPSA) is 26.3 Å². The summed E-state index contributed by atoms with van der Waals surface area (Å²) in [4.78, 5) is 0. The molecule has 0 heterocycles. The third kappa shape index (κ3) is 19.8. The predicted molar refractivity (Wildman–Crippen MR) is 93.0 cm³/mol. The maximum Gasteiger partial charge on any atom is 0.327 e. The first-order valence-electron chi connectivity index (χ1n) is 9.01. The van der Waals surface area contributed by atoms with Crippen LogP contribution in [0.3, 0.4) is 0 Å². The van der Waals surface area contributed by atoms with Crippen LogP contribution in [0.5, 0.6) is 0 Å². The van der Waals surface area contributed by atoms with E-state index in [0.29, 0.717) is 6.61 Å². The monoisotopic (exact) mass is 314 g/mol. The van der Waals surface area contributed by atoms with Gasteiger partial charge in [0.15, 0.2) is 0 Å². The second-order valence-corrected chi connectivity index (χ2v) is 6.25. The van der Waals surface area contributed by atoms with Gasteiger partial charge in [-0.3, -0.25) is 4.52 Å². The second-order valence-electron chi connectivity index (χ2n) is 5.85. The summed E-state index contributed by atoms with van der Waals surface area (Å²) in [6, 6.07) is 0. The highest BCUT2D eigenvalue weighted by molar-refractivity contribution is 7.17. The fourth-order valence-corrected chi connectivity index (χ4v) is 2.66. The van der Waals surface area contributed by atoms with Crippen molar-refractivity contribution in [1.29, 1.82) is 0 Å². The Kier molecular flexibility index (Phi) is 19.6. The predicted octanol–water partition coefficient (Wildman–Crippen LogP) is 7.25. The Bertz CT molecular complexity index is 229. The molecule has 21 heavy (non-hydrogen) atoms. The van der Waals surface area contributed by atoms with Crippen molar-refractivity contribution in [3.63, 3.8) is 0 Å². The van der Waals surface area contributed by atoms with Crippen molar-refractivity contribution in [3.8, 4) is 0 Å². The molecule has 0 saturated carbocycles. The van der Waals surface area contributed by atoms with Gasteiger partial charge in [-0.15, -0.1) is 0 Å². The van der Waals surface area contributed by atoms with Crippen molar-refractivity contribution in [2.45, 2.75) is 96.8 Å². The zero-order valence-electron chi connectivity index (χ0n) is 14.0. The molecule has 0 aliphatic rings. The van der Waals surface area contributed by atoms with E-state index in [4.69, 9.17) is 4.52 Å². The Morgan fingerprint density at radius 1 is 0.714 bits per heavy atom. The second kappa shape index (κ2) is 19.8. The third-order valence-corrected chi connectivity index (χ3v) is 4.09. The smallest absolute Gasteiger partial charge is 0.294 e. The summed E-state index contributed by atoms with van der Waals surface area (Å²) < 4.78 is 14.8. The van der Waals surface area contributed by atoms with E-state index in [-0.39, 0.29) is 8.69 Å². The highest BCUT2D eigenvalue weighted by Crippen LogP contribution is 2.10. The fraction of sp³-hybridized carbons (Fsp3) is 0.889. The molecule has 0 aromatic rings. The van der Waals surface area contributed by atoms with Crippen LogP contribution in [-0.4, -0.2) is 6.61 Å². The minimum Gasteiger partial charge on any atom is -0.294 e. The van der Waals surface area contributed by atoms with Crippen molar-refractivity contribution in [2.75, 3.05) is 6.61 Å². The van der Waals surface area contributed by atoms with Gasteiger partial charge >= 0.3 is 8.69 Å². The largest absolute Gasteiger partial charge is 0.327 e. The van der Waals surface area contributed by atoms with E-state index in [1.165, 1.54) is 83.5 Å². The van der Waals surface area contributed by atoms with Gasteiger partial charge in [-0.2, -0.15) is 0 Å². The minimum atomic E-state index is -0.179. The molecule has 0 N–H and O–H groups in total. The lowest BCUT2D eigenvalue weighted by atomic mass is 10.1. The summed E-state index contributed by atoms with van der Waals surface area (Å²) in [5, 5.41) is 0. The molecule has 0 bridgehead atoms. The van der Waals surface area contributed by atoms with E-state index in [1.54, 1.807) is 0 Å². The molecule has 0 radical (unpaired) electrons. The van der Waals surface area contributed by atoms with Gasteiger partial charge in [-0.1, -0.05) is 76.9 Å². The van der Waals surface area contributed by atoms with Crippen LogP contribution in [0.25, 0.3) is 0 Å². The van der Waals surface area contributed by atoms with Gasteiger partial charge in [0.1, 0.15) is 0 Å². The third-order valence-electron chi connectivity index (χ3n) is 3.80. The Hall–Kier alpha value is -0.200. The van der Waals surface area contributed by atoms with Crippen molar-refractivity contribution < 1.29 is 9.09 Å². The molecule has 0 saturated heterocycles. The van der Waals surface area contributed by atoms with Gasteiger partial charge < -0.3 is 0 Å². The van der Waals surface area contributed by atoms with Gasteiger partial charge in [-0.05, 0) is 32.1 Å². The Balaban J connectivity index is 3.03. The molecule has 0 atom stereocenters. The molecule has 0 spiro atoms. The van der Waals surface area contributed by atoms with E-state index in [0.717, 1.165) is 6.42 Å². The van der Waals surface area contributed by atoms with Gasteiger partial charge in [0, 0.05) is 0 Å². The van der Waals surface area contributed by atoms with Crippen LogP contribution in [0.1, 0.15) is 96.8 Å². The number of unbranched alkanes of at least 4 members (excludes halogenated alkanes) is 12. The van der Waals surface area contributed by atoms with E-state index in [1.807, 2.05) is 0 Å². The van der Waals surface area contributed by atoms with E-state index in [9.17, 15) is 4.57 Å². The molecule has 0 aromatic carbocycles. The zero-order valence-corrected chi connectivity index (χ0v) is 14.9. The lowest BCUT2D eigenvalue weighted by Crippen LogP contribution is -1.85. The average molecular weight is 314 g/mol. The molecule has 0 unspecified atom stereocenters. The number of allylic oxidation sites excluding steroid dienone is 2. The Morgan fingerprint density at radius 2 is 1.19 bits per heavy atom. The molecule has 0 aliphatic heterocycles. The summed E-state index contributed by atoms with van der Waals surface area (Å²) >= 11 is 0. The van der Waals surface area contributed by atoms with Gasteiger partial charge in [0.05, 0.1) is 6.61 Å². The van der Waals surface area contributed by atoms with Crippen molar-refractivity contribution in [1.82, 2.24) is 0 Å². The summed E-state index contributed by atoms with van der Waals surface area (Å²) in [5.74, 6) is 0. The fourth-order valence-electron chi connectivity index (χ4n) is 2.45. The molecule has 124 valence electrons. The summed E-state index contributed by atoms with van der Waals surface area (Å²) in [7, 11) is -0.179. The first-order valence-corrected chi connectivity index (χ1v) is 9.74. The molecule has 3 heteroatoms. The maximum absolute atomic E-state index is 10.0. The van der Waals surface area contributed by atoms with Crippen molar-refractivity contribution in [2.24, 2.45) is 0 Å². The lowest BCUT2D eigenvalue weighted by Gasteiger charge is -2.00. The normalized spacial score (nSPS) is 11.7. The van der Waals surface area contributed by atoms with Gasteiger partial charge in [0.2, 0.25) is 0 Å². The van der Waals surface area contributed by atoms with Gasteiger partial charge in [-0.25, -0.2) is 4.57 Å². The average Bonchev–Trinajstić information content (AvgIpc) is 2.50. The molecule has 0 aliphatic carbocycles. The van der Waals surface area contributed by atoms with Crippen LogP contribution < -0.4 is 0 Å². The van der Waals surface area contributed by atoms with Crippen LogP contribution in [0.2, 0.25) is 0 Å². The standard InChI is InChI=1S/C18H35O2P/c1-2-3-4-5-6-7-8-9-10-11-12-13-14-15-16-17-18-20-21-19/h9-10H,2-8,11-18H2,1H3/b10-9+. The minimum absolute atomic E-state index is 0.179. The van der Waals surface area contributed by atoms with E-state index < -0.39 is 0 Å². The Labute approximate surface area is 134 Å². The first kappa shape index (κ1) is 20.8. The van der Waals surface area contributed by atoms with Crippen LogP contribution in [-0.2, 0) is 9.09 Å². The van der Waals surface area contributed by atoms with Crippen LogP contribution >= 0.6 is 8.69 Å². The molecule has 0 rings (SSSR count). The molecular formula is C18H35O2P. The molecule has 0 amide bonds. The highest BCUT2D eigenvalue weighted by atomic mass is 31.1.